The molecule has 0 aromatic heterocycles. The number of carbonyl (C=O) groups is 1. The van der Waals surface area contributed by atoms with Crippen LogP contribution < -0.4 is 5.32 Å². The van der Waals surface area contributed by atoms with Crippen molar-refractivity contribution in [1.82, 2.24) is 0 Å². The SMILES string of the molecule is CCOC(=O)COCCNc1cc(Br)ccc1C. The van der Waals surface area contributed by atoms with Crippen molar-refractivity contribution in [1.29, 1.82) is 0 Å². The summed E-state index contributed by atoms with van der Waals surface area (Å²) in [6, 6.07) is 6.05. The number of esters is 1. The van der Waals surface area contributed by atoms with E-state index in [1.807, 2.05) is 25.1 Å². The minimum Gasteiger partial charge on any atom is -0.464 e. The Morgan fingerprint density at radius 2 is 2.22 bits per heavy atom. The number of benzene rings is 1. The summed E-state index contributed by atoms with van der Waals surface area (Å²) < 4.78 is 11.0. The van der Waals surface area contributed by atoms with Gasteiger partial charge in [0.25, 0.3) is 0 Å². The third-order valence-corrected chi connectivity index (χ3v) is 2.78. The molecule has 0 spiro atoms. The van der Waals surface area contributed by atoms with Gasteiger partial charge in [0.05, 0.1) is 13.2 Å². The molecule has 4 nitrogen and oxygen atoms in total. The number of aryl methyl sites for hydroxylation is 1. The molecule has 1 rings (SSSR count). The first kappa shape index (κ1) is 15.0. The van der Waals surface area contributed by atoms with E-state index in [1.165, 1.54) is 5.56 Å². The molecular formula is C13H18BrNO3. The van der Waals surface area contributed by atoms with E-state index in [0.29, 0.717) is 19.8 Å². The Kier molecular flexibility index (Phi) is 6.75. The summed E-state index contributed by atoms with van der Waals surface area (Å²) in [4.78, 5) is 11.0. The first-order valence-corrected chi connectivity index (χ1v) is 6.66. The molecule has 0 saturated heterocycles. The quantitative estimate of drug-likeness (QED) is 0.621. The average Bonchev–Trinajstić information content (AvgIpc) is 2.33. The normalized spacial score (nSPS) is 10.2. The van der Waals surface area contributed by atoms with E-state index in [0.717, 1.165) is 10.2 Å². The van der Waals surface area contributed by atoms with E-state index in [4.69, 9.17) is 9.47 Å². The number of ether oxygens (including phenoxy) is 2. The smallest absolute Gasteiger partial charge is 0.332 e. The highest BCUT2D eigenvalue weighted by Crippen LogP contribution is 2.20. The third kappa shape index (κ3) is 5.51. The number of hydrogen-bond donors (Lipinski definition) is 1. The maximum absolute atomic E-state index is 11.0. The Bertz CT molecular complexity index is 396. The van der Waals surface area contributed by atoms with E-state index < -0.39 is 0 Å². The third-order valence-electron chi connectivity index (χ3n) is 2.29. The van der Waals surface area contributed by atoms with Gasteiger partial charge in [0.1, 0.15) is 6.61 Å². The molecule has 100 valence electrons. The van der Waals surface area contributed by atoms with Crippen LogP contribution in [0, 0.1) is 6.92 Å². The fourth-order valence-electron chi connectivity index (χ4n) is 1.40. The minimum absolute atomic E-state index is 0.00693. The molecule has 0 aliphatic rings. The highest BCUT2D eigenvalue weighted by molar-refractivity contribution is 9.10. The Morgan fingerprint density at radius 3 is 2.94 bits per heavy atom. The number of hydrogen-bond acceptors (Lipinski definition) is 4. The van der Waals surface area contributed by atoms with Crippen molar-refractivity contribution < 1.29 is 14.3 Å². The summed E-state index contributed by atoms with van der Waals surface area (Å²) >= 11 is 3.42. The fraction of sp³-hybridized carbons (Fsp3) is 0.462. The molecule has 0 heterocycles. The molecule has 0 bridgehead atoms. The molecule has 1 aromatic rings. The molecule has 1 N–H and O–H groups in total. The summed E-state index contributed by atoms with van der Waals surface area (Å²) in [6.07, 6.45) is 0. The second kappa shape index (κ2) is 8.11. The minimum atomic E-state index is -0.323. The van der Waals surface area contributed by atoms with Crippen molar-refractivity contribution in [3.8, 4) is 0 Å². The average molecular weight is 316 g/mol. The largest absolute Gasteiger partial charge is 0.464 e. The van der Waals surface area contributed by atoms with Crippen LogP contribution in [0.2, 0.25) is 0 Å². The lowest BCUT2D eigenvalue weighted by molar-refractivity contribution is -0.148. The summed E-state index contributed by atoms with van der Waals surface area (Å²) in [5.74, 6) is -0.323. The summed E-state index contributed by atoms with van der Waals surface area (Å²) in [6.45, 7) is 5.32. The van der Waals surface area contributed by atoms with E-state index >= 15 is 0 Å². The van der Waals surface area contributed by atoms with Gasteiger partial charge in [0, 0.05) is 16.7 Å². The van der Waals surface area contributed by atoms with Crippen molar-refractivity contribution in [2.24, 2.45) is 0 Å². The second-order valence-electron chi connectivity index (χ2n) is 3.74. The van der Waals surface area contributed by atoms with Gasteiger partial charge in [-0.15, -0.1) is 0 Å². The molecule has 0 atom stereocenters. The molecule has 0 unspecified atom stereocenters. The Balaban J connectivity index is 2.21. The number of anilines is 1. The monoisotopic (exact) mass is 315 g/mol. The van der Waals surface area contributed by atoms with Crippen LogP contribution in [0.3, 0.4) is 0 Å². The molecule has 0 fully saturated rings. The molecule has 0 radical (unpaired) electrons. The highest BCUT2D eigenvalue weighted by Gasteiger charge is 2.01. The first-order chi connectivity index (χ1) is 8.63. The Labute approximate surface area is 116 Å². The van der Waals surface area contributed by atoms with Gasteiger partial charge in [-0.05, 0) is 31.5 Å². The fourth-order valence-corrected chi connectivity index (χ4v) is 1.76. The molecule has 0 aliphatic heterocycles. The van der Waals surface area contributed by atoms with Gasteiger partial charge in [0.15, 0.2) is 0 Å². The van der Waals surface area contributed by atoms with Crippen LogP contribution in [0.15, 0.2) is 22.7 Å². The van der Waals surface area contributed by atoms with Crippen LogP contribution in [0.5, 0.6) is 0 Å². The topological polar surface area (TPSA) is 47.6 Å². The highest BCUT2D eigenvalue weighted by atomic mass is 79.9. The molecule has 5 heteroatoms. The zero-order valence-electron chi connectivity index (χ0n) is 10.7. The lowest BCUT2D eigenvalue weighted by Crippen LogP contribution is -2.16. The maximum Gasteiger partial charge on any atom is 0.332 e. The number of carbonyl (C=O) groups excluding carboxylic acids is 1. The van der Waals surface area contributed by atoms with Gasteiger partial charge >= 0.3 is 5.97 Å². The molecule has 0 saturated carbocycles. The summed E-state index contributed by atoms with van der Waals surface area (Å²) in [5.41, 5.74) is 2.23. The lowest BCUT2D eigenvalue weighted by Gasteiger charge is -2.10. The van der Waals surface area contributed by atoms with Crippen molar-refractivity contribution in [2.75, 3.05) is 31.7 Å². The van der Waals surface area contributed by atoms with Crippen LogP contribution in [-0.2, 0) is 14.3 Å². The molecule has 18 heavy (non-hydrogen) atoms. The van der Waals surface area contributed by atoms with Gasteiger partial charge in [-0.25, -0.2) is 4.79 Å². The van der Waals surface area contributed by atoms with Crippen LogP contribution in [0.1, 0.15) is 12.5 Å². The summed E-state index contributed by atoms with van der Waals surface area (Å²) in [5, 5.41) is 3.25. The van der Waals surface area contributed by atoms with E-state index in [-0.39, 0.29) is 12.6 Å². The molecule has 0 amide bonds. The van der Waals surface area contributed by atoms with E-state index in [2.05, 4.69) is 21.2 Å². The molecule has 1 aromatic carbocycles. The number of nitrogens with one attached hydrogen (secondary N) is 1. The zero-order chi connectivity index (χ0) is 13.4. The Hall–Kier alpha value is -1.07. The predicted molar refractivity (Wildman–Crippen MR) is 74.8 cm³/mol. The first-order valence-electron chi connectivity index (χ1n) is 5.87. The zero-order valence-corrected chi connectivity index (χ0v) is 12.2. The van der Waals surface area contributed by atoms with Crippen molar-refractivity contribution in [3.63, 3.8) is 0 Å². The van der Waals surface area contributed by atoms with Gasteiger partial charge in [-0.1, -0.05) is 22.0 Å². The van der Waals surface area contributed by atoms with Gasteiger partial charge in [-0.2, -0.15) is 0 Å². The van der Waals surface area contributed by atoms with Crippen molar-refractivity contribution in [2.45, 2.75) is 13.8 Å². The van der Waals surface area contributed by atoms with Crippen LogP contribution >= 0.6 is 15.9 Å². The van der Waals surface area contributed by atoms with Gasteiger partial charge in [-0.3, -0.25) is 0 Å². The number of rotatable bonds is 7. The lowest BCUT2D eigenvalue weighted by atomic mass is 10.2. The van der Waals surface area contributed by atoms with Crippen molar-refractivity contribution >= 4 is 27.6 Å². The Morgan fingerprint density at radius 1 is 1.44 bits per heavy atom. The van der Waals surface area contributed by atoms with Crippen molar-refractivity contribution in [3.05, 3.63) is 28.2 Å². The van der Waals surface area contributed by atoms with Crippen LogP contribution in [0.4, 0.5) is 5.69 Å². The number of halogens is 1. The van der Waals surface area contributed by atoms with E-state index in [9.17, 15) is 4.79 Å². The molecular weight excluding hydrogens is 298 g/mol. The predicted octanol–water partition coefficient (Wildman–Crippen LogP) is 2.75. The maximum atomic E-state index is 11.0. The second-order valence-corrected chi connectivity index (χ2v) is 4.66. The van der Waals surface area contributed by atoms with Gasteiger partial charge in [0.2, 0.25) is 0 Å². The van der Waals surface area contributed by atoms with Crippen LogP contribution in [0.25, 0.3) is 0 Å². The standard InChI is InChI=1S/C13H18BrNO3/c1-3-18-13(16)9-17-7-6-15-12-8-11(14)5-4-10(12)2/h4-5,8,15H,3,6-7,9H2,1-2H3. The van der Waals surface area contributed by atoms with Crippen LogP contribution in [-0.4, -0.2) is 32.3 Å². The molecule has 0 aliphatic carbocycles. The van der Waals surface area contributed by atoms with E-state index in [1.54, 1.807) is 6.92 Å². The van der Waals surface area contributed by atoms with Gasteiger partial charge < -0.3 is 14.8 Å². The summed E-state index contributed by atoms with van der Waals surface area (Å²) in [7, 11) is 0.